The smallest absolute Gasteiger partial charge is 0.387 e. The van der Waals surface area contributed by atoms with Crippen LogP contribution in [0.1, 0.15) is 37.2 Å². The van der Waals surface area contributed by atoms with Gasteiger partial charge in [-0.05, 0) is 49.3 Å². The molecular weight excluding hydrogens is 257 g/mol. The second kappa shape index (κ2) is 6.28. The molecule has 1 fully saturated rings. The summed E-state index contributed by atoms with van der Waals surface area (Å²) in [5.41, 5.74) is 0.841. The minimum absolute atomic E-state index is 0.265. The van der Waals surface area contributed by atoms with E-state index in [-0.39, 0.29) is 12.0 Å². The molecule has 0 atom stereocenters. The first-order valence-electron chi connectivity index (χ1n) is 6.37. The van der Waals surface area contributed by atoms with Crippen LogP contribution in [0.15, 0.2) is 18.2 Å². The van der Waals surface area contributed by atoms with E-state index in [0.29, 0.717) is 0 Å². The minimum Gasteiger partial charge on any atom is -0.432 e. The molecule has 2 rings (SSSR count). The van der Waals surface area contributed by atoms with E-state index in [2.05, 4.69) is 4.74 Å². The summed E-state index contributed by atoms with van der Waals surface area (Å²) < 4.78 is 47.1. The van der Waals surface area contributed by atoms with Crippen molar-refractivity contribution in [3.05, 3.63) is 29.6 Å². The van der Waals surface area contributed by atoms with Crippen molar-refractivity contribution >= 4 is 0 Å². The summed E-state index contributed by atoms with van der Waals surface area (Å²) in [4.78, 5) is 0. The van der Waals surface area contributed by atoms with Gasteiger partial charge in [0.1, 0.15) is 0 Å². The number of rotatable bonds is 4. The van der Waals surface area contributed by atoms with Gasteiger partial charge >= 0.3 is 6.61 Å². The van der Waals surface area contributed by atoms with Crippen LogP contribution in [0.2, 0.25) is 0 Å². The molecule has 0 N–H and O–H groups in total. The molecule has 0 heterocycles. The molecule has 0 saturated heterocycles. The van der Waals surface area contributed by atoms with Gasteiger partial charge in [-0.25, -0.2) is 4.39 Å². The van der Waals surface area contributed by atoms with Gasteiger partial charge in [-0.15, -0.1) is 0 Å². The molecule has 1 aliphatic carbocycles. The van der Waals surface area contributed by atoms with Gasteiger partial charge in [-0.1, -0.05) is 6.07 Å². The Morgan fingerprint density at radius 2 is 1.84 bits per heavy atom. The van der Waals surface area contributed by atoms with E-state index in [1.54, 1.807) is 13.2 Å². The van der Waals surface area contributed by atoms with Gasteiger partial charge in [0, 0.05) is 7.11 Å². The zero-order valence-electron chi connectivity index (χ0n) is 10.7. The van der Waals surface area contributed by atoms with Crippen molar-refractivity contribution in [2.24, 2.45) is 0 Å². The molecule has 0 bridgehead atoms. The molecule has 1 aromatic carbocycles. The number of methoxy groups -OCH3 is 1. The third-order valence-corrected chi connectivity index (χ3v) is 3.65. The maximum absolute atomic E-state index is 13.6. The second-order valence-corrected chi connectivity index (χ2v) is 4.78. The Kier molecular flexibility index (Phi) is 4.69. The summed E-state index contributed by atoms with van der Waals surface area (Å²) in [6, 6.07) is 4.24. The van der Waals surface area contributed by atoms with Crippen molar-refractivity contribution < 1.29 is 22.6 Å². The van der Waals surface area contributed by atoms with Crippen molar-refractivity contribution in [3.63, 3.8) is 0 Å². The molecule has 5 heteroatoms. The van der Waals surface area contributed by atoms with Crippen molar-refractivity contribution in [2.75, 3.05) is 7.11 Å². The highest BCUT2D eigenvalue weighted by Gasteiger charge is 2.23. The first kappa shape index (κ1) is 14.2. The fraction of sp³-hybridized carbons (Fsp3) is 0.571. The van der Waals surface area contributed by atoms with Gasteiger partial charge in [-0.3, -0.25) is 0 Å². The summed E-state index contributed by atoms with van der Waals surface area (Å²) in [5, 5.41) is 0. The molecule has 2 nitrogen and oxygen atoms in total. The quantitative estimate of drug-likeness (QED) is 0.823. The highest BCUT2D eigenvalue weighted by molar-refractivity contribution is 5.31. The lowest BCUT2D eigenvalue weighted by atomic mass is 9.82. The molecule has 19 heavy (non-hydrogen) atoms. The normalized spacial score (nSPS) is 23.6. The predicted octanol–water partition coefficient (Wildman–Crippen LogP) is 4.10. The highest BCUT2D eigenvalue weighted by Crippen LogP contribution is 2.35. The van der Waals surface area contributed by atoms with E-state index < -0.39 is 18.2 Å². The number of hydrogen-bond donors (Lipinski definition) is 0. The van der Waals surface area contributed by atoms with E-state index >= 15 is 0 Å². The third-order valence-electron chi connectivity index (χ3n) is 3.65. The summed E-state index contributed by atoms with van der Waals surface area (Å²) >= 11 is 0. The number of hydrogen-bond acceptors (Lipinski definition) is 2. The number of benzene rings is 1. The molecule has 0 aromatic heterocycles. The lowest BCUT2D eigenvalue weighted by molar-refractivity contribution is -0.0522. The van der Waals surface area contributed by atoms with Crippen LogP contribution in [-0.4, -0.2) is 19.8 Å². The topological polar surface area (TPSA) is 18.5 Å². The lowest BCUT2D eigenvalue weighted by Crippen LogP contribution is -2.19. The first-order valence-corrected chi connectivity index (χ1v) is 6.37. The Morgan fingerprint density at radius 1 is 1.16 bits per heavy atom. The fourth-order valence-corrected chi connectivity index (χ4v) is 2.59. The van der Waals surface area contributed by atoms with Crippen LogP contribution in [0, 0.1) is 5.82 Å². The molecule has 1 aliphatic rings. The van der Waals surface area contributed by atoms with E-state index in [1.807, 2.05) is 0 Å². The fourth-order valence-electron chi connectivity index (χ4n) is 2.59. The maximum Gasteiger partial charge on any atom is 0.387 e. The molecular formula is C14H17F3O2. The second-order valence-electron chi connectivity index (χ2n) is 4.78. The molecule has 0 radical (unpaired) electrons. The molecule has 1 aromatic rings. The Morgan fingerprint density at radius 3 is 2.37 bits per heavy atom. The van der Waals surface area contributed by atoms with Gasteiger partial charge < -0.3 is 9.47 Å². The SMILES string of the molecule is COC1CCC(c2ccc(OC(F)F)c(F)c2)CC1. The Hall–Kier alpha value is -1.23. The van der Waals surface area contributed by atoms with Gasteiger partial charge in [-0.2, -0.15) is 8.78 Å². The molecule has 0 spiro atoms. The Labute approximate surface area is 110 Å². The van der Waals surface area contributed by atoms with Gasteiger partial charge in [0.2, 0.25) is 0 Å². The first-order chi connectivity index (χ1) is 9.10. The van der Waals surface area contributed by atoms with E-state index in [0.717, 1.165) is 31.2 Å². The largest absolute Gasteiger partial charge is 0.432 e. The minimum atomic E-state index is -3.00. The molecule has 0 aliphatic heterocycles. The zero-order chi connectivity index (χ0) is 13.8. The molecule has 0 amide bonds. The number of halogens is 3. The third kappa shape index (κ3) is 3.62. The monoisotopic (exact) mass is 274 g/mol. The average molecular weight is 274 g/mol. The van der Waals surface area contributed by atoms with Crippen LogP contribution in [-0.2, 0) is 4.74 Å². The summed E-state index contributed by atoms with van der Waals surface area (Å²) in [6.45, 7) is -3.00. The summed E-state index contributed by atoms with van der Waals surface area (Å²) in [6.07, 6.45) is 4.01. The van der Waals surface area contributed by atoms with E-state index in [9.17, 15) is 13.2 Å². The van der Waals surface area contributed by atoms with Crippen LogP contribution in [0.4, 0.5) is 13.2 Å². The average Bonchev–Trinajstić information content (AvgIpc) is 2.41. The molecule has 1 saturated carbocycles. The number of alkyl halides is 2. The van der Waals surface area contributed by atoms with Gasteiger partial charge in [0.25, 0.3) is 0 Å². The highest BCUT2D eigenvalue weighted by atomic mass is 19.3. The van der Waals surface area contributed by atoms with Crippen molar-refractivity contribution in [2.45, 2.75) is 44.3 Å². The van der Waals surface area contributed by atoms with Gasteiger partial charge in [0.05, 0.1) is 6.10 Å². The lowest BCUT2D eigenvalue weighted by Gasteiger charge is -2.28. The van der Waals surface area contributed by atoms with Crippen molar-refractivity contribution in [1.29, 1.82) is 0 Å². The van der Waals surface area contributed by atoms with Crippen LogP contribution in [0.3, 0.4) is 0 Å². The van der Waals surface area contributed by atoms with E-state index in [1.165, 1.54) is 12.1 Å². The summed E-state index contributed by atoms with van der Waals surface area (Å²) in [5.74, 6) is -0.863. The standard InChI is InChI=1S/C14H17F3O2/c1-18-11-5-2-9(3-6-11)10-4-7-13(12(15)8-10)19-14(16)17/h4,7-9,11,14H,2-3,5-6H2,1H3. The molecule has 106 valence electrons. The van der Waals surface area contributed by atoms with Gasteiger partial charge in [0.15, 0.2) is 11.6 Å². The van der Waals surface area contributed by atoms with Crippen molar-refractivity contribution in [3.8, 4) is 5.75 Å². The summed E-state index contributed by atoms with van der Waals surface area (Å²) in [7, 11) is 1.70. The van der Waals surface area contributed by atoms with Crippen molar-refractivity contribution in [1.82, 2.24) is 0 Å². The van der Waals surface area contributed by atoms with Crippen LogP contribution < -0.4 is 4.74 Å². The molecule has 0 unspecified atom stereocenters. The van der Waals surface area contributed by atoms with Crippen LogP contribution in [0.25, 0.3) is 0 Å². The zero-order valence-corrected chi connectivity index (χ0v) is 10.7. The Bertz CT molecular complexity index is 415. The number of ether oxygens (including phenoxy) is 2. The Balaban J connectivity index is 2.04. The predicted molar refractivity (Wildman–Crippen MR) is 65.0 cm³/mol. The van der Waals surface area contributed by atoms with Crippen LogP contribution in [0.5, 0.6) is 5.75 Å². The van der Waals surface area contributed by atoms with E-state index in [4.69, 9.17) is 4.74 Å². The van der Waals surface area contributed by atoms with Crippen LogP contribution >= 0.6 is 0 Å². The maximum atomic E-state index is 13.6.